The molecule has 0 aliphatic heterocycles. The van der Waals surface area contributed by atoms with Gasteiger partial charge in [0.15, 0.2) is 0 Å². The third-order valence-electron chi connectivity index (χ3n) is 4.25. The van der Waals surface area contributed by atoms with Crippen LogP contribution in [-0.2, 0) is 9.53 Å². The third-order valence-corrected chi connectivity index (χ3v) is 4.25. The first-order chi connectivity index (χ1) is 10.9. The quantitative estimate of drug-likeness (QED) is 0.472. The smallest absolute Gasteiger partial charge is 0.329 e. The number of hydrogen-bond donors (Lipinski definition) is 0. The van der Waals surface area contributed by atoms with Crippen molar-refractivity contribution in [3.8, 4) is 0 Å². The number of aryl methyl sites for hydroxylation is 1. The molecular weight excluding hydrogens is 300 g/mol. The number of hydrogen-bond acceptors (Lipinski definition) is 5. The van der Waals surface area contributed by atoms with Gasteiger partial charge < -0.3 is 4.74 Å². The molecule has 0 amide bonds. The molecule has 2 rings (SSSR count). The predicted octanol–water partition coefficient (Wildman–Crippen LogP) is 2.89. The average molecular weight is 322 g/mol. The van der Waals surface area contributed by atoms with Gasteiger partial charge in [-0.15, -0.1) is 0 Å². The van der Waals surface area contributed by atoms with Crippen LogP contribution in [0.4, 0.5) is 5.69 Å². The summed E-state index contributed by atoms with van der Waals surface area (Å²) >= 11 is 0. The molecule has 0 saturated heterocycles. The molecule has 1 aromatic rings. The van der Waals surface area contributed by atoms with Crippen LogP contribution in [0.25, 0.3) is 0 Å². The summed E-state index contributed by atoms with van der Waals surface area (Å²) in [5.41, 5.74) is -0.364. The molecule has 0 radical (unpaired) electrons. The Morgan fingerprint density at radius 3 is 2.65 bits per heavy atom. The molecule has 0 aromatic carbocycles. The van der Waals surface area contributed by atoms with Gasteiger partial charge >= 0.3 is 5.97 Å². The Hall–Kier alpha value is -2.18. The number of rotatable bonds is 5. The molecule has 1 unspecified atom stereocenters. The minimum Gasteiger partial charge on any atom is -0.461 e. The summed E-state index contributed by atoms with van der Waals surface area (Å²) in [7, 11) is 0. The number of nitrogens with zero attached hydrogens (tertiary/aromatic N) is 2. The van der Waals surface area contributed by atoms with E-state index in [1.807, 2.05) is 0 Å². The maximum absolute atomic E-state index is 12.4. The molecule has 7 nitrogen and oxygen atoms in total. The lowest BCUT2D eigenvalue weighted by molar-refractivity contribution is -0.385. The second kappa shape index (κ2) is 7.39. The van der Waals surface area contributed by atoms with Gasteiger partial charge in [-0.2, -0.15) is 0 Å². The Labute approximate surface area is 134 Å². The van der Waals surface area contributed by atoms with Crippen molar-refractivity contribution in [1.82, 2.24) is 4.57 Å². The van der Waals surface area contributed by atoms with Crippen molar-refractivity contribution in [2.75, 3.05) is 0 Å². The van der Waals surface area contributed by atoms with Crippen molar-refractivity contribution in [3.05, 3.63) is 38.3 Å². The standard InChI is InChI=1S/C16H22N2O5/c1-3-14(16(20)23-13-7-5-4-6-8-13)17-10-12(18(21)22)9-11(2)15(17)19/h9-10,13-14H,3-8H2,1-2H3. The van der Waals surface area contributed by atoms with Crippen molar-refractivity contribution in [2.24, 2.45) is 0 Å². The zero-order valence-electron chi connectivity index (χ0n) is 13.5. The van der Waals surface area contributed by atoms with E-state index in [-0.39, 0.29) is 17.4 Å². The van der Waals surface area contributed by atoms with E-state index in [9.17, 15) is 19.7 Å². The van der Waals surface area contributed by atoms with E-state index in [1.54, 1.807) is 6.92 Å². The van der Waals surface area contributed by atoms with Gasteiger partial charge in [0.1, 0.15) is 12.1 Å². The fraction of sp³-hybridized carbons (Fsp3) is 0.625. The first-order valence-corrected chi connectivity index (χ1v) is 8.01. The topological polar surface area (TPSA) is 91.4 Å². The number of pyridine rings is 1. The van der Waals surface area contributed by atoms with Crippen LogP contribution in [0.3, 0.4) is 0 Å². The van der Waals surface area contributed by atoms with Crippen LogP contribution in [0, 0.1) is 17.0 Å². The molecule has 0 N–H and O–H groups in total. The highest BCUT2D eigenvalue weighted by Gasteiger charge is 2.27. The zero-order valence-corrected chi connectivity index (χ0v) is 13.5. The summed E-state index contributed by atoms with van der Waals surface area (Å²) in [6.07, 6.45) is 6.25. The highest BCUT2D eigenvalue weighted by molar-refractivity contribution is 5.74. The van der Waals surface area contributed by atoms with Gasteiger partial charge in [0.25, 0.3) is 11.2 Å². The summed E-state index contributed by atoms with van der Waals surface area (Å²) in [6.45, 7) is 3.26. The SMILES string of the molecule is CCC(C(=O)OC1CCCCC1)n1cc([N+](=O)[O-])cc(C)c1=O. The molecular formula is C16H22N2O5. The van der Waals surface area contributed by atoms with Crippen molar-refractivity contribution >= 4 is 11.7 Å². The molecule has 1 aromatic heterocycles. The molecule has 1 aliphatic carbocycles. The number of carbonyl (C=O) groups is 1. The van der Waals surface area contributed by atoms with Gasteiger partial charge in [0, 0.05) is 11.6 Å². The Morgan fingerprint density at radius 1 is 1.43 bits per heavy atom. The normalized spacial score (nSPS) is 16.8. The van der Waals surface area contributed by atoms with Crippen molar-refractivity contribution in [3.63, 3.8) is 0 Å². The Balaban J connectivity index is 2.27. The first kappa shape index (κ1) is 17.2. The Morgan fingerprint density at radius 2 is 2.09 bits per heavy atom. The van der Waals surface area contributed by atoms with Crippen LogP contribution in [0.2, 0.25) is 0 Å². The van der Waals surface area contributed by atoms with Gasteiger partial charge in [-0.25, -0.2) is 4.79 Å². The lowest BCUT2D eigenvalue weighted by atomic mass is 9.98. The summed E-state index contributed by atoms with van der Waals surface area (Å²) in [5, 5.41) is 11.0. The summed E-state index contributed by atoms with van der Waals surface area (Å²) < 4.78 is 6.66. The first-order valence-electron chi connectivity index (χ1n) is 8.01. The molecule has 7 heteroatoms. The highest BCUT2D eigenvalue weighted by Crippen LogP contribution is 2.23. The minimum absolute atomic E-state index is 0.110. The van der Waals surface area contributed by atoms with Crippen LogP contribution >= 0.6 is 0 Å². The minimum atomic E-state index is -0.831. The average Bonchev–Trinajstić information content (AvgIpc) is 2.52. The van der Waals surface area contributed by atoms with E-state index in [0.29, 0.717) is 6.42 Å². The van der Waals surface area contributed by atoms with Gasteiger partial charge in [0.2, 0.25) is 0 Å². The number of aromatic nitrogens is 1. The van der Waals surface area contributed by atoms with Gasteiger partial charge in [-0.1, -0.05) is 13.3 Å². The summed E-state index contributed by atoms with van der Waals surface area (Å²) in [6, 6.07) is 0.390. The van der Waals surface area contributed by atoms with Crippen LogP contribution in [0.1, 0.15) is 57.1 Å². The Bertz CT molecular complexity index is 646. The van der Waals surface area contributed by atoms with Crippen LogP contribution in [-0.4, -0.2) is 21.6 Å². The fourth-order valence-corrected chi connectivity index (χ4v) is 2.96. The summed E-state index contributed by atoms with van der Waals surface area (Å²) in [4.78, 5) is 35.1. The van der Waals surface area contributed by atoms with Gasteiger partial charge in [-0.3, -0.25) is 19.5 Å². The molecule has 1 saturated carbocycles. The van der Waals surface area contributed by atoms with Crippen LogP contribution < -0.4 is 5.56 Å². The molecule has 1 heterocycles. The van der Waals surface area contributed by atoms with E-state index in [0.717, 1.165) is 42.9 Å². The van der Waals surface area contributed by atoms with E-state index < -0.39 is 22.5 Å². The molecule has 0 spiro atoms. The molecule has 126 valence electrons. The molecule has 23 heavy (non-hydrogen) atoms. The van der Waals surface area contributed by atoms with E-state index in [4.69, 9.17) is 4.74 Å². The lowest BCUT2D eigenvalue weighted by Gasteiger charge is -2.25. The zero-order chi connectivity index (χ0) is 17.0. The Kier molecular flexibility index (Phi) is 5.52. The predicted molar refractivity (Wildman–Crippen MR) is 84.4 cm³/mol. The lowest BCUT2D eigenvalue weighted by Crippen LogP contribution is -2.34. The third kappa shape index (κ3) is 3.97. The van der Waals surface area contributed by atoms with Crippen LogP contribution in [0.15, 0.2) is 17.1 Å². The van der Waals surface area contributed by atoms with Gasteiger partial charge in [0.05, 0.1) is 11.1 Å². The fourth-order valence-electron chi connectivity index (χ4n) is 2.96. The van der Waals surface area contributed by atoms with E-state index in [1.165, 1.54) is 13.0 Å². The van der Waals surface area contributed by atoms with Crippen LogP contribution in [0.5, 0.6) is 0 Å². The number of esters is 1. The maximum Gasteiger partial charge on any atom is 0.329 e. The highest BCUT2D eigenvalue weighted by atomic mass is 16.6. The largest absolute Gasteiger partial charge is 0.461 e. The maximum atomic E-state index is 12.4. The summed E-state index contributed by atoms with van der Waals surface area (Å²) in [5.74, 6) is -0.485. The van der Waals surface area contributed by atoms with Crippen molar-refractivity contribution < 1.29 is 14.5 Å². The van der Waals surface area contributed by atoms with Crippen molar-refractivity contribution in [2.45, 2.75) is 64.5 Å². The number of ether oxygens (including phenoxy) is 1. The van der Waals surface area contributed by atoms with Crippen molar-refractivity contribution in [1.29, 1.82) is 0 Å². The second-order valence-electron chi connectivity index (χ2n) is 5.97. The van der Waals surface area contributed by atoms with E-state index >= 15 is 0 Å². The molecule has 1 atom stereocenters. The van der Waals surface area contributed by atoms with Gasteiger partial charge in [-0.05, 0) is 39.0 Å². The molecule has 1 fully saturated rings. The van der Waals surface area contributed by atoms with E-state index in [2.05, 4.69) is 0 Å². The number of carbonyl (C=O) groups excluding carboxylic acids is 1. The number of nitro groups is 1. The monoisotopic (exact) mass is 322 g/mol. The molecule has 0 bridgehead atoms. The molecule has 1 aliphatic rings. The second-order valence-corrected chi connectivity index (χ2v) is 5.97.